The van der Waals surface area contributed by atoms with E-state index >= 15 is 0 Å². The van der Waals surface area contributed by atoms with Crippen molar-refractivity contribution in [2.45, 2.75) is 12.8 Å². The van der Waals surface area contributed by atoms with E-state index in [2.05, 4.69) is 24.3 Å². The Labute approximate surface area is 61.6 Å². The summed E-state index contributed by atoms with van der Waals surface area (Å²) in [6.07, 6.45) is 12.5. The Morgan fingerprint density at radius 1 is 1.00 bits per heavy atom. The molecule has 10 heavy (non-hydrogen) atoms. The minimum absolute atomic E-state index is 0.925. The Balaban J connectivity index is 2.04. The van der Waals surface area contributed by atoms with Gasteiger partial charge >= 0.3 is 0 Å². The Hall–Kier alpha value is -0.520. The van der Waals surface area contributed by atoms with Gasteiger partial charge in [-0.3, -0.25) is 0 Å². The van der Waals surface area contributed by atoms with Gasteiger partial charge in [0, 0.05) is 0 Å². The molecule has 0 N–H and O–H groups in total. The van der Waals surface area contributed by atoms with E-state index in [1.54, 1.807) is 0 Å². The molecule has 0 heterocycles. The topological polar surface area (TPSA) is 0 Å². The Morgan fingerprint density at radius 2 is 1.90 bits per heavy atom. The molecule has 0 unspecified atom stereocenters. The van der Waals surface area contributed by atoms with E-state index in [9.17, 15) is 0 Å². The molecule has 52 valence electrons. The van der Waals surface area contributed by atoms with Crippen LogP contribution in [0.25, 0.3) is 0 Å². The molecule has 4 atom stereocenters. The number of hydrogen-bond acceptors (Lipinski definition) is 0. The van der Waals surface area contributed by atoms with E-state index in [1.807, 2.05) is 0 Å². The molecule has 2 bridgehead atoms. The van der Waals surface area contributed by atoms with Crippen LogP contribution in [0.5, 0.6) is 0 Å². The normalized spacial score (nSPS) is 54.4. The molecule has 1 saturated carbocycles. The molecule has 0 heteroatoms. The molecular weight excluding hydrogens is 120 g/mol. The fraction of sp³-hybridized carbons (Fsp3) is 0.600. The van der Waals surface area contributed by atoms with Gasteiger partial charge in [-0.2, -0.15) is 0 Å². The second-order valence-electron chi connectivity index (χ2n) is 3.85. The van der Waals surface area contributed by atoms with Crippen molar-refractivity contribution < 1.29 is 0 Å². The predicted molar refractivity (Wildman–Crippen MR) is 41.5 cm³/mol. The zero-order chi connectivity index (χ0) is 6.55. The lowest BCUT2D eigenvalue weighted by Gasteiger charge is -2.18. The highest BCUT2D eigenvalue weighted by molar-refractivity contribution is 5.21. The lowest BCUT2D eigenvalue weighted by atomic mass is 9.86. The molecule has 0 radical (unpaired) electrons. The average molecular weight is 132 g/mol. The van der Waals surface area contributed by atoms with Crippen molar-refractivity contribution in [2.24, 2.45) is 23.7 Å². The third-order valence-corrected chi connectivity index (χ3v) is 3.46. The van der Waals surface area contributed by atoms with Gasteiger partial charge in [0.15, 0.2) is 0 Å². The average Bonchev–Trinajstić information content (AvgIpc) is 2.60. The van der Waals surface area contributed by atoms with Crippen LogP contribution < -0.4 is 0 Å². The summed E-state index contributed by atoms with van der Waals surface area (Å²) in [6, 6.07) is 0. The fourth-order valence-corrected chi connectivity index (χ4v) is 2.97. The first-order valence-electron chi connectivity index (χ1n) is 4.30. The molecule has 3 rings (SSSR count). The minimum Gasteiger partial charge on any atom is -0.0879 e. The Kier molecular flexibility index (Phi) is 0.803. The highest BCUT2D eigenvalue weighted by atomic mass is 14.5. The smallest absolute Gasteiger partial charge is 0.0133 e. The first-order valence-corrected chi connectivity index (χ1v) is 4.30. The quantitative estimate of drug-likeness (QED) is 0.444. The lowest BCUT2D eigenvalue weighted by molar-refractivity contribution is 0.398. The van der Waals surface area contributed by atoms with E-state index in [4.69, 9.17) is 0 Å². The summed E-state index contributed by atoms with van der Waals surface area (Å²) < 4.78 is 0. The molecular formula is C10H12. The predicted octanol–water partition coefficient (Wildman–Crippen LogP) is 2.38. The van der Waals surface area contributed by atoms with Gasteiger partial charge < -0.3 is 0 Å². The van der Waals surface area contributed by atoms with Crippen LogP contribution in [0.1, 0.15) is 12.8 Å². The molecule has 0 spiro atoms. The lowest BCUT2D eigenvalue weighted by Crippen LogP contribution is -2.12. The van der Waals surface area contributed by atoms with Crippen LogP contribution in [0.2, 0.25) is 0 Å². The van der Waals surface area contributed by atoms with Crippen molar-refractivity contribution in [1.29, 1.82) is 0 Å². The third kappa shape index (κ3) is 0.448. The van der Waals surface area contributed by atoms with Gasteiger partial charge in [0.1, 0.15) is 0 Å². The van der Waals surface area contributed by atoms with Crippen LogP contribution >= 0.6 is 0 Å². The number of fused-ring (bicyclic) bond motifs is 5. The van der Waals surface area contributed by atoms with Crippen LogP contribution in [-0.2, 0) is 0 Å². The van der Waals surface area contributed by atoms with Gasteiger partial charge in [-0.15, -0.1) is 0 Å². The molecule has 0 aliphatic heterocycles. The minimum atomic E-state index is 0.925. The van der Waals surface area contributed by atoms with Gasteiger partial charge in [0.25, 0.3) is 0 Å². The van der Waals surface area contributed by atoms with Crippen molar-refractivity contribution in [2.75, 3.05) is 0 Å². The maximum atomic E-state index is 2.44. The van der Waals surface area contributed by atoms with Gasteiger partial charge in [-0.1, -0.05) is 24.3 Å². The zero-order valence-corrected chi connectivity index (χ0v) is 6.03. The SMILES string of the molecule is C1=C[C@H]2[C@H](C1)[C@H]1C=C[C@@H]2C1. The second-order valence-corrected chi connectivity index (χ2v) is 3.85. The summed E-state index contributed by atoms with van der Waals surface area (Å²) in [5, 5.41) is 0. The van der Waals surface area contributed by atoms with Crippen molar-refractivity contribution in [3.8, 4) is 0 Å². The van der Waals surface area contributed by atoms with Crippen LogP contribution in [-0.4, -0.2) is 0 Å². The van der Waals surface area contributed by atoms with Crippen molar-refractivity contribution in [1.82, 2.24) is 0 Å². The number of hydrogen-bond donors (Lipinski definition) is 0. The molecule has 3 aliphatic rings. The van der Waals surface area contributed by atoms with Crippen LogP contribution in [0.4, 0.5) is 0 Å². The largest absolute Gasteiger partial charge is 0.0879 e. The first kappa shape index (κ1) is 5.17. The summed E-state index contributed by atoms with van der Waals surface area (Å²) >= 11 is 0. The second kappa shape index (κ2) is 1.55. The summed E-state index contributed by atoms with van der Waals surface area (Å²) in [7, 11) is 0. The molecule has 1 fully saturated rings. The maximum Gasteiger partial charge on any atom is -0.0133 e. The Bertz CT molecular complexity index is 212. The van der Waals surface area contributed by atoms with E-state index in [1.165, 1.54) is 12.8 Å². The highest BCUT2D eigenvalue weighted by Crippen LogP contribution is 2.52. The molecule has 0 saturated heterocycles. The highest BCUT2D eigenvalue weighted by Gasteiger charge is 2.44. The molecule has 0 aromatic carbocycles. The van der Waals surface area contributed by atoms with E-state index in [-0.39, 0.29) is 0 Å². The summed E-state index contributed by atoms with van der Waals surface area (Å²) in [5.41, 5.74) is 0. The van der Waals surface area contributed by atoms with Gasteiger partial charge in [0.05, 0.1) is 0 Å². The zero-order valence-electron chi connectivity index (χ0n) is 6.03. The number of allylic oxidation sites excluding steroid dienone is 4. The van der Waals surface area contributed by atoms with Crippen molar-refractivity contribution in [3.63, 3.8) is 0 Å². The first-order chi connectivity index (χ1) is 4.95. The van der Waals surface area contributed by atoms with Crippen molar-refractivity contribution in [3.05, 3.63) is 24.3 Å². The van der Waals surface area contributed by atoms with E-state index in [0.29, 0.717) is 0 Å². The molecule has 0 nitrogen and oxygen atoms in total. The van der Waals surface area contributed by atoms with Gasteiger partial charge in [-0.25, -0.2) is 0 Å². The van der Waals surface area contributed by atoms with E-state index in [0.717, 1.165) is 23.7 Å². The number of rotatable bonds is 0. The molecule has 0 aromatic heterocycles. The van der Waals surface area contributed by atoms with Gasteiger partial charge in [0.2, 0.25) is 0 Å². The fourth-order valence-electron chi connectivity index (χ4n) is 2.97. The summed E-state index contributed by atoms with van der Waals surface area (Å²) in [4.78, 5) is 0. The summed E-state index contributed by atoms with van der Waals surface area (Å²) in [5.74, 6) is 3.82. The summed E-state index contributed by atoms with van der Waals surface area (Å²) in [6.45, 7) is 0. The monoisotopic (exact) mass is 132 g/mol. The Morgan fingerprint density at radius 3 is 2.80 bits per heavy atom. The van der Waals surface area contributed by atoms with Crippen molar-refractivity contribution >= 4 is 0 Å². The van der Waals surface area contributed by atoms with Crippen LogP contribution in [0, 0.1) is 23.7 Å². The van der Waals surface area contributed by atoms with Crippen LogP contribution in [0.3, 0.4) is 0 Å². The van der Waals surface area contributed by atoms with Gasteiger partial charge in [-0.05, 0) is 36.5 Å². The van der Waals surface area contributed by atoms with Crippen LogP contribution in [0.15, 0.2) is 24.3 Å². The maximum absolute atomic E-state index is 2.44. The molecule has 3 aliphatic carbocycles. The standard InChI is InChI=1S/C10H12/c1-2-9-7-4-5-8(6-7)10(9)3-1/h1-2,4-5,7-10H,3,6H2/t7-,8+,9-,10-/m1/s1. The molecule has 0 amide bonds. The van der Waals surface area contributed by atoms with E-state index < -0.39 is 0 Å². The third-order valence-electron chi connectivity index (χ3n) is 3.46. The molecule has 0 aromatic rings.